The van der Waals surface area contributed by atoms with Crippen LogP contribution >= 0.6 is 0 Å². The molecule has 1 heterocycles. The second kappa shape index (κ2) is 6.73. The van der Waals surface area contributed by atoms with Crippen LogP contribution in [-0.4, -0.2) is 24.0 Å². The summed E-state index contributed by atoms with van der Waals surface area (Å²) < 4.78 is 0. The fraction of sp³-hybridized carbons (Fsp3) is 0.667. The number of nitrogens with two attached hydrogens (primary N) is 1. The van der Waals surface area contributed by atoms with Gasteiger partial charge < -0.3 is 5.73 Å². The van der Waals surface area contributed by atoms with Crippen LogP contribution in [0.1, 0.15) is 63.6 Å². The van der Waals surface area contributed by atoms with Gasteiger partial charge in [-0.15, -0.1) is 0 Å². The molecule has 1 aromatic rings. The van der Waals surface area contributed by atoms with Gasteiger partial charge in [0, 0.05) is 18.6 Å². The lowest BCUT2D eigenvalue weighted by Gasteiger charge is -2.41. The van der Waals surface area contributed by atoms with E-state index in [4.69, 9.17) is 5.73 Å². The van der Waals surface area contributed by atoms with E-state index < -0.39 is 0 Å². The first-order chi connectivity index (χ1) is 9.52. The molecular weight excluding hydrogens is 244 g/mol. The number of benzene rings is 1. The van der Waals surface area contributed by atoms with Gasteiger partial charge in [-0.25, -0.2) is 0 Å². The van der Waals surface area contributed by atoms with Crippen molar-refractivity contribution < 1.29 is 0 Å². The highest BCUT2D eigenvalue weighted by molar-refractivity contribution is 5.26. The molecule has 2 rings (SSSR count). The molecule has 0 bridgehead atoms. The minimum Gasteiger partial charge on any atom is -0.330 e. The highest BCUT2D eigenvalue weighted by Gasteiger charge is 2.28. The van der Waals surface area contributed by atoms with E-state index in [9.17, 15) is 0 Å². The molecule has 0 aliphatic carbocycles. The zero-order valence-electron chi connectivity index (χ0n) is 13.5. The maximum absolute atomic E-state index is 5.88. The molecule has 3 atom stereocenters. The van der Waals surface area contributed by atoms with Crippen molar-refractivity contribution in [1.82, 2.24) is 4.90 Å². The Bertz CT molecular complexity index is 410. The molecule has 3 unspecified atom stereocenters. The van der Waals surface area contributed by atoms with Crippen molar-refractivity contribution in [3.05, 3.63) is 35.4 Å². The Hall–Kier alpha value is -0.860. The monoisotopic (exact) mass is 274 g/mol. The molecule has 0 amide bonds. The maximum Gasteiger partial charge on any atom is 0.0322 e. The summed E-state index contributed by atoms with van der Waals surface area (Å²) in [6, 6.07) is 10.3. The van der Waals surface area contributed by atoms with E-state index in [2.05, 4.69) is 56.9 Å². The van der Waals surface area contributed by atoms with Crippen LogP contribution in [0.25, 0.3) is 0 Å². The molecule has 1 saturated heterocycles. The van der Waals surface area contributed by atoms with Gasteiger partial charge in [0.05, 0.1) is 0 Å². The summed E-state index contributed by atoms with van der Waals surface area (Å²) in [5, 5.41) is 0. The van der Waals surface area contributed by atoms with Crippen molar-refractivity contribution in [3.63, 3.8) is 0 Å². The lowest BCUT2D eigenvalue weighted by atomic mass is 9.90. The summed E-state index contributed by atoms with van der Waals surface area (Å²) in [4.78, 5) is 2.63. The van der Waals surface area contributed by atoms with E-state index in [0.717, 1.165) is 13.1 Å². The van der Waals surface area contributed by atoms with E-state index in [1.165, 1.54) is 24.0 Å². The normalized spacial score (nSPS) is 25.9. The van der Waals surface area contributed by atoms with E-state index in [1.54, 1.807) is 0 Å². The van der Waals surface area contributed by atoms with Crippen LogP contribution in [0.5, 0.6) is 0 Å². The molecule has 1 aromatic carbocycles. The first-order valence-corrected chi connectivity index (χ1v) is 8.08. The van der Waals surface area contributed by atoms with Crippen molar-refractivity contribution in [3.8, 4) is 0 Å². The molecule has 0 spiro atoms. The van der Waals surface area contributed by atoms with Crippen LogP contribution in [0.2, 0.25) is 0 Å². The van der Waals surface area contributed by atoms with Crippen molar-refractivity contribution in [2.24, 2.45) is 11.7 Å². The fourth-order valence-corrected chi connectivity index (χ4v) is 3.30. The van der Waals surface area contributed by atoms with Crippen molar-refractivity contribution in [1.29, 1.82) is 0 Å². The van der Waals surface area contributed by atoms with Crippen LogP contribution in [0.3, 0.4) is 0 Å². The standard InChI is InChI=1S/C18H30N2/c1-13(2)17-7-9-18(10-8-17)15(4)20-12-16(11-19)6-5-14(20)3/h7-10,13-16H,5-6,11-12,19H2,1-4H3. The Kier molecular flexibility index (Phi) is 5.22. The second-order valence-corrected chi connectivity index (χ2v) is 6.72. The zero-order valence-corrected chi connectivity index (χ0v) is 13.5. The number of rotatable bonds is 4. The van der Waals surface area contributed by atoms with Crippen LogP contribution in [-0.2, 0) is 0 Å². The van der Waals surface area contributed by atoms with Gasteiger partial charge in [0.15, 0.2) is 0 Å². The Balaban J connectivity index is 2.10. The summed E-state index contributed by atoms with van der Waals surface area (Å²) in [5.41, 5.74) is 8.73. The number of hydrogen-bond donors (Lipinski definition) is 1. The van der Waals surface area contributed by atoms with Gasteiger partial charge in [0.2, 0.25) is 0 Å². The van der Waals surface area contributed by atoms with E-state index in [1.807, 2.05) is 0 Å². The molecule has 112 valence electrons. The van der Waals surface area contributed by atoms with Crippen LogP contribution in [0, 0.1) is 5.92 Å². The third kappa shape index (κ3) is 3.42. The quantitative estimate of drug-likeness (QED) is 0.901. The first-order valence-electron chi connectivity index (χ1n) is 8.08. The third-order valence-corrected chi connectivity index (χ3v) is 4.94. The highest BCUT2D eigenvalue weighted by Crippen LogP contribution is 2.30. The smallest absolute Gasteiger partial charge is 0.0322 e. The van der Waals surface area contributed by atoms with Crippen LogP contribution in [0.15, 0.2) is 24.3 Å². The molecule has 1 aliphatic heterocycles. The van der Waals surface area contributed by atoms with E-state index in [0.29, 0.717) is 23.9 Å². The van der Waals surface area contributed by atoms with Gasteiger partial charge in [-0.1, -0.05) is 38.1 Å². The molecule has 1 fully saturated rings. The summed E-state index contributed by atoms with van der Waals surface area (Å²) in [5.74, 6) is 1.28. The molecule has 2 heteroatoms. The van der Waals surface area contributed by atoms with Gasteiger partial charge in [-0.3, -0.25) is 4.90 Å². The third-order valence-electron chi connectivity index (χ3n) is 4.94. The van der Waals surface area contributed by atoms with Gasteiger partial charge in [-0.2, -0.15) is 0 Å². The Morgan fingerprint density at radius 2 is 1.70 bits per heavy atom. The average molecular weight is 274 g/mol. The number of hydrogen-bond acceptors (Lipinski definition) is 2. The molecule has 2 N–H and O–H groups in total. The van der Waals surface area contributed by atoms with Crippen molar-refractivity contribution in [2.75, 3.05) is 13.1 Å². The van der Waals surface area contributed by atoms with Gasteiger partial charge in [-0.05, 0) is 56.2 Å². The number of likely N-dealkylation sites (tertiary alicyclic amines) is 1. The Morgan fingerprint density at radius 3 is 2.25 bits per heavy atom. The van der Waals surface area contributed by atoms with Gasteiger partial charge >= 0.3 is 0 Å². The van der Waals surface area contributed by atoms with E-state index in [-0.39, 0.29) is 0 Å². The summed E-state index contributed by atoms with van der Waals surface area (Å²) in [6.07, 6.45) is 2.56. The summed E-state index contributed by atoms with van der Waals surface area (Å²) in [7, 11) is 0. The predicted octanol–water partition coefficient (Wildman–Crippen LogP) is 3.93. The molecule has 0 saturated carbocycles. The first kappa shape index (κ1) is 15.5. The van der Waals surface area contributed by atoms with E-state index >= 15 is 0 Å². The molecule has 0 aromatic heterocycles. The number of piperidine rings is 1. The largest absolute Gasteiger partial charge is 0.330 e. The molecule has 1 aliphatic rings. The maximum atomic E-state index is 5.88. The lowest BCUT2D eigenvalue weighted by Crippen LogP contribution is -2.44. The SMILES string of the molecule is CC(C)c1ccc(C(C)N2CC(CN)CCC2C)cc1. The molecular formula is C18H30N2. The fourth-order valence-electron chi connectivity index (χ4n) is 3.30. The van der Waals surface area contributed by atoms with Crippen molar-refractivity contribution >= 4 is 0 Å². The second-order valence-electron chi connectivity index (χ2n) is 6.72. The van der Waals surface area contributed by atoms with Gasteiger partial charge in [0.1, 0.15) is 0 Å². The van der Waals surface area contributed by atoms with Crippen LogP contribution < -0.4 is 5.73 Å². The summed E-state index contributed by atoms with van der Waals surface area (Å²) in [6.45, 7) is 11.1. The summed E-state index contributed by atoms with van der Waals surface area (Å²) >= 11 is 0. The topological polar surface area (TPSA) is 29.3 Å². The highest BCUT2D eigenvalue weighted by atomic mass is 15.2. The zero-order chi connectivity index (χ0) is 14.7. The Labute approximate surface area is 124 Å². The van der Waals surface area contributed by atoms with Gasteiger partial charge in [0.25, 0.3) is 0 Å². The minimum absolute atomic E-state index is 0.487. The van der Waals surface area contributed by atoms with Crippen LogP contribution in [0.4, 0.5) is 0 Å². The number of nitrogens with zero attached hydrogens (tertiary/aromatic N) is 1. The molecule has 0 radical (unpaired) electrons. The predicted molar refractivity (Wildman–Crippen MR) is 86.9 cm³/mol. The average Bonchev–Trinajstić information content (AvgIpc) is 2.47. The molecule has 2 nitrogen and oxygen atoms in total. The molecule has 20 heavy (non-hydrogen) atoms. The Morgan fingerprint density at radius 1 is 1.10 bits per heavy atom. The lowest BCUT2D eigenvalue weighted by molar-refractivity contribution is 0.0812. The minimum atomic E-state index is 0.487. The van der Waals surface area contributed by atoms with Crippen molar-refractivity contribution in [2.45, 2.75) is 58.5 Å².